The molecule has 8 nitrogen and oxygen atoms in total. The first-order valence-corrected chi connectivity index (χ1v) is 9.67. The largest absolute Gasteiger partial charge is 0.393 e. The van der Waals surface area contributed by atoms with Crippen LogP contribution < -0.4 is 10.5 Å². The van der Waals surface area contributed by atoms with Gasteiger partial charge in [-0.25, -0.2) is 13.4 Å². The lowest BCUT2D eigenvalue weighted by Gasteiger charge is -2.25. The van der Waals surface area contributed by atoms with E-state index in [1.807, 2.05) is 24.4 Å². The third kappa shape index (κ3) is 3.59. The van der Waals surface area contributed by atoms with Gasteiger partial charge in [0, 0.05) is 35.8 Å². The highest BCUT2D eigenvalue weighted by molar-refractivity contribution is 7.83. The molecule has 26 heavy (non-hydrogen) atoms. The average molecular weight is 372 g/mol. The van der Waals surface area contributed by atoms with Crippen LogP contribution in [-0.4, -0.2) is 41.0 Å². The van der Waals surface area contributed by atoms with Gasteiger partial charge in [0.15, 0.2) is 5.65 Å². The summed E-state index contributed by atoms with van der Waals surface area (Å²) in [5.41, 5.74) is 8.01. The lowest BCUT2D eigenvalue weighted by molar-refractivity contribution is 0.121. The summed E-state index contributed by atoms with van der Waals surface area (Å²) in [5, 5.41) is 13.7. The molecule has 0 aromatic carbocycles. The maximum Gasteiger partial charge on any atom is 0.240 e. The van der Waals surface area contributed by atoms with Crippen LogP contribution in [0.5, 0.6) is 0 Å². The topological polar surface area (TPSA) is 118 Å². The van der Waals surface area contributed by atoms with Gasteiger partial charge in [0.05, 0.1) is 11.0 Å². The number of anilines is 1. The first-order valence-electron chi connectivity index (χ1n) is 8.52. The molecule has 0 saturated heterocycles. The number of aliphatic hydroxyl groups is 1. The van der Waals surface area contributed by atoms with Crippen molar-refractivity contribution >= 4 is 22.6 Å². The molecule has 0 spiro atoms. The van der Waals surface area contributed by atoms with Crippen LogP contribution in [0.1, 0.15) is 25.7 Å². The molecule has 1 saturated carbocycles. The van der Waals surface area contributed by atoms with E-state index in [0.717, 1.165) is 36.8 Å². The quantitative estimate of drug-likeness (QED) is 0.635. The van der Waals surface area contributed by atoms with Crippen LogP contribution in [0.25, 0.3) is 16.8 Å². The summed E-state index contributed by atoms with van der Waals surface area (Å²) in [6.07, 6.45) is 8.05. The van der Waals surface area contributed by atoms with E-state index >= 15 is 0 Å². The highest BCUT2D eigenvalue weighted by Gasteiger charge is 2.21. The van der Waals surface area contributed by atoms with E-state index in [1.165, 1.54) is 0 Å². The molecule has 4 N–H and O–H groups in total. The van der Waals surface area contributed by atoms with Crippen LogP contribution in [0.15, 0.2) is 41.7 Å². The second kappa shape index (κ2) is 7.10. The molecular formula is C17H20N6O2S. The molecule has 3 heterocycles. The van der Waals surface area contributed by atoms with Crippen molar-refractivity contribution in [2.45, 2.75) is 42.7 Å². The summed E-state index contributed by atoms with van der Waals surface area (Å²) in [7, 11) is -1.35. The number of nitrogens with zero attached hydrogens (tertiary/aromatic N) is 4. The predicted molar refractivity (Wildman–Crippen MR) is 98.4 cm³/mol. The third-order valence-electron chi connectivity index (χ3n) is 4.58. The molecule has 1 aliphatic rings. The second-order valence-electron chi connectivity index (χ2n) is 6.49. The van der Waals surface area contributed by atoms with Crippen molar-refractivity contribution in [3.8, 4) is 11.1 Å². The number of fused-ring (bicyclic) bond motifs is 1. The fraction of sp³-hybridized carbons (Fsp3) is 0.353. The van der Waals surface area contributed by atoms with Gasteiger partial charge in [-0.1, -0.05) is 0 Å². The number of hydrogen-bond donors (Lipinski definition) is 3. The first kappa shape index (κ1) is 17.1. The molecular weight excluding hydrogens is 352 g/mol. The number of rotatable bonds is 4. The summed E-state index contributed by atoms with van der Waals surface area (Å²) >= 11 is 0. The van der Waals surface area contributed by atoms with Gasteiger partial charge in [0.1, 0.15) is 11.0 Å². The third-order valence-corrected chi connectivity index (χ3v) is 5.78. The van der Waals surface area contributed by atoms with Gasteiger partial charge in [-0.3, -0.25) is 4.98 Å². The van der Waals surface area contributed by atoms with Gasteiger partial charge >= 0.3 is 0 Å². The lowest BCUT2D eigenvalue weighted by atomic mass is 9.94. The van der Waals surface area contributed by atoms with Crippen LogP contribution >= 0.6 is 0 Å². The van der Waals surface area contributed by atoms with Crippen LogP contribution in [-0.2, 0) is 11.0 Å². The van der Waals surface area contributed by atoms with E-state index < -0.39 is 11.0 Å². The number of hydrogen-bond acceptors (Lipinski definition) is 6. The van der Waals surface area contributed by atoms with Crippen molar-refractivity contribution in [1.82, 2.24) is 24.3 Å². The van der Waals surface area contributed by atoms with E-state index in [9.17, 15) is 9.32 Å². The first-order chi connectivity index (χ1) is 12.6. The maximum absolute atomic E-state index is 12.6. The monoisotopic (exact) mass is 372 g/mol. The molecule has 9 heteroatoms. The Hall–Kier alpha value is -2.36. The van der Waals surface area contributed by atoms with E-state index in [1.54, 1.807) is 16.9 Å². The van der Waals surface area contributed by atoms with E-state index in [2.05, 4.69) is 19.8 Å². The van der Waals surface area contributed by atoms with Crippen molar-refractivity contribution in [3.63, 3.8) is 0 Å². The Morgan fingerprint density at radius 1 is 1.19 bits per heavy atom. The zero-order chi connectivity index (χ0) is 18.1. The second-order valence-corrected chi connectivity index (χ2v) is 7.74. The van der Waals surface area contributed by atoms with Crippen molar-refractivity contribution in [2.75, 3.05) is 5.73 Å². The van der Waals surface area contributed by atoms with Crippen LogP contribution in [0.3, 0.4) is 0 Å². The fourth-order valence-electron chi connectivity index (χ4n) is 3.16. The lowest BCUT2D eigenvalue weighted by Crippen LogP contribution is -2.35. The minimum absolute atomic E-state index is 0.150. The molecule has 1 fully saturated rings. The number of nitrogens with one attached hydrogen (secondary N) is 1. The van der Waals surface area contributed by atoms with E-state index in [0.29, 0.717) is 10.5 Å². The van der Waals surface area contributed by atoms with Crippen molar-refractivity contribution in [1.29, 1.82) is 0 Å². The molecule has 3 aromatic rings. The minimum Gasteiger partial charge on any atom is -0.393 e. The van der Waals surface area contributed by atoms with Crippen LogP contribution in [0, 0.1) is 0 Å². The van der Waals surface area contributed by atoms with Gasteiger partial charge in [-0.2, -0.15) is 4.98 Å². The fourth-order valence-corrected chi connectivity index (χ4v) is 4.23. The Bertz CT molecular complexity index is 951. The SMILES string of the molecule is Nc1nc2ccc(-c3cncc(S(=O)NC4CCC(O)CC4)c3)cn2n1. The summed E-state index contributed by atoms with van der Waals surface area (Å²) in [5.74, 6) is 0.219. The standard InChI is InChI=1S/C17H20N6O2S/c18-17-20-16-6-1-11(10-23(16)21-17)12-7-15(9-19-8-12)26(25)22-13-2-4-14(24)5-3-13/h1,6-10,13-14,22,24H,2-5H2,(H2,18,21). The smallest absolute Gasteiger partial charge is 0.240 e. The summed E-state index contributed by atoms with van der Waals surface area (Å²) in [6, 6.07) is 5.74. The number of aliphatic hydroxyl groups excluding tert-OH is 1. The molecule has 3 aromatic heterocycles. The molecule has 0 amide bonds. The van der Waals surface area contributed by atoms with Gasteiger partial charge in [0.2, 0.25) is 5.95 Å². The number of nitrogens with two attached hydrogens (primary N) is 1. The van der Waals surface area contributed by atoms with Crippen LogP contribution in [0.4, 0.5) is 5.95 Å². The number of nitrogen functional groups attached to an aromatic ring is 1. The molecule has 4 rings (SSSR count). The van der Waals surface area contributed by atoms with Crippen molar-refractivity contribution in [2.24, 2.45) is 0 Å². The summed E-state index contributed by atoms with van der Waals surface area (Å²) < 4.78 is 17.4. The normalized spacial score (nSPS) is 21.7. The van der Waals surface area contributed by atoms with Gasteiger partial charge in [0.25, 0.3) is 0 Å². The van der Waals surface area contributed by atoms with Crippen molar-refractivity contribution in [3.05, 3.63) is 36.8 Å². The Labute approximate surface area is 153 Å². The summed E-state index contributed by atoms with van der Waals surface area (Å²) in [4.78, 5) is 8.95. The molecule has 0 bridgehead atoms. The molecule has 136 valence electrons. The number of pyridine rings is 2. The minimum atomic E-state index is -1.35. The van der Waals surface area contributed by atoms with Gasteiger partial charge in [-0.15, -0.1) is 5.10 Å². The predicted octanol–water partition coefficient (Wildman–Crippen LogP) is 1.29. The Morgan fingerprint density at radius 3 is 2.81 bits per heavy atom. The molecule has 0 aliphatic heterocycles. The zero-order valence-electron chi connectivity index (χ0n) is 14.1. The number of aromatic nitrogens is 4. The highest BCUT2D eigenvalue weighted by atomic mass is 32.2. The van der Waals surface area contributed by atoms with Crippen molar-refractivity contribution < 1.29 is 9.32 Å². The van der Waals surface area contributed by atoms with Crippen LogP contribution in [0.2, 0.25) is 0 Å². The zero-order valence-corrected chi connectivity index (χ0v) is 14.9. The Balaban J connectivity index is 1.54. The molecule has 1 unspecified atom stereocenters. The Morgan fingerprint density at radius 2 is 2.00 bits per heavy atom. The molecule has 0 radical (unpaired) electrons. The summed E-state index contributed by atoms with van der Waals surface area (Å²) in [6.45, 7) is 0. The van der Waals surface area contributed by atoms with Gasteiger partial charge in [-0.05, 0) is 43.9 Å². The van der Waals surface area contributed by atoms with E-state index in [-0.39, 0.29) is 18.1 Å². The highest BCUT2D eigenvalue weighted by Crippen LogP contribution is 2.23. The molecule has 1 aliphatic carbocycles. The average Bonchev–Trinajstić information content (AvgIpc) is 3.03. The Kier molecular flexibility index (Phi) is 4.66. The van der Waals surface area contributed by atoms with E-state index in [4.69, 9.17) is 5.73 Å². The van der Waals surface area contributed by atoms with Gasteiger partial charge < -0.3 is 10.8 Å². The molecule has 1 atom stereocenters. The maximum atomic E-state index is 12.6.